The van der Waals surface area contributed by atoms with Crippen LogP contribution in [0.4, 0.5) is 0 Å². The molecule has 70 valence electrons. The normalized spacial score (nSPS) is 19.4. The van der Waals surface area contributed by atoms with E-state index in [1.165, 1.54) is 5.57 Å². The summed E-state index contributed by atoms with van der Waals surface area (Å²) < 4.78 is 5.26. The van der Waals surface area contributed by atoms with Crippen molar-refractivity contribution in [1.82, 2.24) is 0 Å². The minimum atomic E-state index is 0.238. The van der Waals surface area contributed by atoms with Crippen molar-refractivity contribution in [3.63, 3.8) is 0 Å². The van der Waals surface area contributed by atoms with Crippen LogP contribution in [0.5, 0.6) is 0 Å². The summed E-state index contributed by atoms with van der Waals surface area (Å²) >= 11 is 0. The molecular weight excluding hydrogens is 152 g/mol. The van der Waals surface area contributed by atoms with E-state index < -0.39 is 0 Å². The average Bonchev–Trinajstić information content (AvgIpc) is 2.06. The van der Waals surface area contributed by atoms with Gasteiger partial charge in [0.2, 0.25) is 0 Å². The Labute approximate surface area is 74.2 Å². The molecule has 0 atom stereocenters. The second-order valence-corrected chi connectivity index (χ2v) is 3.48. The Balaban J connectivity index is 2.15. The fourth-order valence-electron chi connectivity index (χ4n) is 1.62. The van der Waals surface area contributed by atoms with Gasteiger partial charge in [-0.2, -0.15) is 0 Å². The lowest BCUT2D eigenvalue weighted by Crippen LogP contribution is -2.16. The second-order valence-electron chi connectivity index (χ2n) is 3.48. The van der Waals surface area contributed by atoms with E-state index in [9.17, 15) is 0 Å². The number of ether oxygens (including phenoxy) is 1. The summed E-state index contributed by atoms with van der Waals surface area (Å²) in [4.78, 5) is 0. The molecule has 0 aromatic rings. The summed E-state index contributed by atoms with van der Waals surface area (Å²) in [5.41, 5.74) is 1.18. The molecule has 0 bridgehead atoms. The Morgan fingerprint density at radius 1 is 1.42 bits per heavy atom. The van der Waals surface area contributed by atoms with Crippen molar-refractivity contribution in [2.75, 3.05) is 19.8 Å². The van der Waals surface area contributed by atoms with E-state index >= 15 is 0 Å². The van der Waals surface area contributed by atoms with Gasteiger partial charge in [-0.1, -0.05) is 12.2 Å². The molecule has 0 saturated carbocycles. The van der Waals surface area contributed by atoms with Gasteiger partial charge in [0.1, 0.15) is 0 Å². The van der Waals surface area contributed by atoms with Gasteiger partial charge in [-0.25, -0.2) is 0 Å². The van der Waals surface area contributed by atoms with Crippen LogP contribution in [0.3, 0.4) is 0 Å². The van der Waals surface area contributed by atoms with Crippen LogP contribution in [-0.2, 0) is 4.74 Å². The van der Waals surface area contributed by atoms with Crippen LogP contribution in [-0.4, -0.2) is 24.9 Å². The van der Waals surface area contributed by atoms with Crippen LogP contribution in [0.1, 0.15) is 25.7 Å². The number of rotatable bonds is 4. The summed E-state index contributed by atoms with van der Waals surface area (Å²) in [7, 11) is 0. The number of aliphatic hydroxyl groups excluding tert-OH is 1. The van der Waals surface area contributed by atoms with E-state index in [2.05, 4.69) is 6.58 Å². The molecule has 12 heavy (non-hydrogen) atoms. The van der Waals surface area contributed by atoms with E-state index in [1.54, 1.807) is 0 Å². The van der Waals surface area contributed by atoms with Gasteiger partial charge in [0.05, 0.1) is 0 Å². The van der Waals surface area contributed by atoms with Gasteiger partial charge < -0.3 is 9.84 Å². The maximum absolute atomic E-state index is 8.68. The SMILES string of the molecule is C=C(CCO)CC1CCOCC1. The van der Waals surface area contributed by atoms with Crippen LogP contribution in [0.15, 0.2) is 12.2 Å². The molecule has 1 aliphatic heterocycles. The molecule has 0 aromatic carbocycles. The molecule has 0 radical (unpaired) electrons. The molecule has 0 aliphatic carbocycles. The first-order valence-corrected chi connectivity index (χ1v) is 4.68. The van der Waals surface area contributed by atoms with Crippen molar-refractivity contribution in [2.45, 2.75) is 25.7 Å². The molecule has 1 rings (SSSR count). The van der Waals surface area contributed by atoms with Crippen molar-refractivity contribution in [3.8, 4) is 0 Å². The van der Waals surface area contributed by atoms with Gasteiger partial charge in [0.15, 0.2) is 0 Å². The molecule has 0 aromatic heterocycles. The van der Waals surface area contributed by atoms with Gasteiger partial charge in [0.25, 0.3) is 0 Å². The maximum atomic E-state index is 8.68. The van der Waals surface area contributed by atoms with E-state index in [0.717, 1.165) is 44.8 Å². The van der Waals surface area contributed by atoms with Gasteiger partial charge in [-0.15, -0.1) is 0 Å². The summed E-state index contributed by atoms with van der Waals surface area (Å²) in [5.74, 6) is 0.748. The van der Waals surface area contributed by atoms with Crippen LogP contribution in [0.2, 0.25) is 0 Å². The first kappa shape index (κ1) is 9.75. The third-order valence-corrected chi connectivity index (χ3v) is 2.38. The lowest BCUT2D eigenvalue weighted by molar-refractivity contribution is 0.0662. The molecule has 1 heterocycles. The third kappa shape index (κ3) is 3.37. The van der Waals surface area contributed by atoms with Crippen molar-refractivity contribution in [2.24, 2.45) is 5.92 Å². The number of hydrogen-bond donors (Lipinski definition) is 1. The number of hydrogen-bond acceptors (Lipinski definition) is 2. The first-order chi connectivity index (χ1) is 5.83. The summed E-state index contributed by atoms with van der Waals surface area (Å²) in [6, 6.07) is 0. The first-order valence-electron chi connectivity index (χ1n) is 4.68. The van der Waals surface area contributed by atoms with E-state index in [0.29, 0.717) is 0 Å². The minimum Gasteiger partial charge on any atom is -0.396 e. The van der Waals surface area contributed by atoms with Gasteiger partial charge in [-0.05, 0) is 31.6 Å². The highest BCUT2D eigenvalue weighted by atomic mass is 16.5. The Morgan fingerprint density at radius 2 is 2.08 bits per heavy atom. The molecule has 1 saturated heterocycles. The number of aliphatic hydroxyl groups is 1. The largest absolute Gasteiger partial charge is 0.396 e. The Bertz CT molecular complexity index is 137. The van der Waals surface area contributed by atoms with E-state index in [4.69, 9.17) is 9.84 Å². The Kier molecular flexibility index (Phi) is 4.33. The maximum Gasteiger partial charge on any atom is 0.0468 e. The predicted octanol–water partition coefficient (Wildman–Crippen LogP) is 1.74. The minimum absolute atomic E-state index is 0.238. The smallest absolute Gasteiger partial charge is 0.0468 e. The zero-order valence-electron chi connectivity index (χ0n) is 7.59. The molecule has 0 spiro atoms. The molecule has 2 heteroatoms. The van der Waals surface area contributed by atoms with E-state index in [-0.39, 0.29) is 6.61 Å². The molecule has 2 nitrogen and oxygen atoms in total. The van der Waals surface area contributed by atoms with Gasteiger partial charge >= 0.3 is 0 Å². The van der Waals surface area contributed by atoms with Gasteiger partial charge in [-0.3, -0.25) is 0 Å². The summed E-state index contributed by atoms with van der Waals surface area (Å²) in [6.07, 6.45) is 4.15. The van der Waals surface area contributed by atoms with Crippen LogP contribution in [0.25, 0.3) is 0 Å². The Hall–Kier alpha value is -0.340. The van der Waals surface area contributed by atoms with E-state index in [1.807, 2.05) is 0 Å². The van der Waals surface area contributed by atoms with Crippen molar-refractivity contribution in [3.05, 3.63) is 12.2 Å². The van der Waals surface area contributed by atoms with Crippen molar-refractivity contribution < 1.29 is 9.84 Å². The highest BCUT2D eigenvalue weighted by Gasteiger charge is 2.14. The summed E-state index contributed by atoms with van der Waals surface area (Å²) in [6.45, 7) is 5.98. The topological polar surface area (TPSA) is 29.5 Å². The molecule has 1 N–H and O–H groups in total. The zero-order chi connectivity index (χ0) is 8.81. The lowest BCUT2D eigenvalue weighted by Gasteiger charge is -2.22. The molecular formula is C10H18O2. The zero-order valence-corrected chi connectivity index (χ0v) is 7.59. The van der Waals surface area contributed by atoms with Crippen molar-refractivity contribution >= 4 is 0 Å². The molecule has 1 fully saturated rings. The third-order valence-electron chi connectivity index (χ3n) is 2.38. The highest BCUT2D eigenvalue weighted by Crippen LogP contribution is 2.22. The van der Waals surface area contributed by atoms with Crippen LogP contribution in [0, 0.1) is 5.92 Å². The van der Waals surface area contributed by atoms with Crippen molar-refractivity contribution in [1.29, 1.82) is 0 Å². The highest BCUT2D eigenvalue weighted by molar-refractivity contribution is 4.95. The monoisotopic (exact) mass is 170 g/mol. The van der Waals surface area contributed by atoms with Crippen LogP contribution < -0.4 is 0 Å². The average molecular weight is 170 g/mol. The standard InChI is InChI=1S/C10H18O2/c1-9(2-5-11)8-10-3-6-12-7-4-10/h10-11H,1-8H2. The van der Waals surface area contributed by atoms with Gasteiger partial charge in [0, 0.05) is 19.8 Å². The fraction of sp³-hybridized carbons (Fsp3) is 0.800. The predicted molar refractivity (Wildman–Crippen MR) is 49.0 cm³/mol. The quantitative estimate of drug-likeness (QED) is 0.651. The van der Waals surface area contributed by atoms with Crippen LogP contribution >= 0.6 is 0 Å². The Morgan fingerprint density at radius 3 is 2.67 bits per heavy atom. The molecule has 0 unspecified atom stereocenters. The fourth-order valence-corrected chi connectivity index (χ4v) is 1.62. The lowest BCUT2D eigenvalue weighted by atomic mass is 9.92. The molecule has 1 aliphatic rings. The summed E-state index contributed by atoms with van der Waals surface area (Å²) in [5, 5.41) is 8.68. The second kappa shape index (κ2) is 5.33. The molecule has 0 amide bonds.